The summed E-state index contributed by atoms with van der Waals surface area (Å²) in [5.41, 5.74) is 0.803. The lowest BCUT2D eigenvalue weighted by molar-refractivity contribution is -0.145. The second-order valence-electron chi connectivity index (χ2n) is 12.7. The first kappa shape index (κ1) is 35.4. The van der Waals surface area contributed by atoms with Crippen LogP contribution in [0.15, 0.2) is 42.5 Å². The van der Waals surface area contributed by atoms with Gasteiger partial charge in [-0.25, -0.2) is 4.79 Å². The third-order valence-electron chi connectivity index (χ3n) is 7.18. The van der Waals surface area contributed by atoms with Crippen molar-refractivity contribution < 1.29 is 29.3 Å². The number of carbonyl (C=O) groups is 3. The predicted molar refractivity (Wildman–Crippen MR) is 169 cm³/mol. The van der Waals surface area contributed by atoms with Crippen LogP contribution in [0.25, 0.3) is 0 Å². The Kier molecular flexibility index (Phi) is 13.3. The van der Waals surface area contributed by atoms with E-state index in [1.165, 1.54) is 17.0 Å². The summed E-state index contributed by atoms with van der Waals surface area (Å²) >= 11 is 0. The molecule has 0 spiro atoms. The number of benzene rings is 2. The number of aromatic hydroxyl groups is 2. The molecule has 0 aliphatic heterocycles. The number of hydrogen-bond donors (Lipinski definition) is 4. The molecular weight excluding hydrogens is 546 g/mol. The van der Waals surface area contributed by atoms with Gasteiger partial charge in [-0.15, -0.1) is 0 Å². The first-order valence-electron chi connectivity index (χ1n) is 15.3. The molecule has 3 atom stereocenters. The summed E-state index contributed by atoms with van der Waals surface area (Å²) in [5.74, 6) is -0.501. The normalized spacial score (nSPS) is 13.6. The summed E-state index contributed by atoms with van der Waals surface area (Å²) in [5, 5.41) is 26.7. The van der Waals surface area contributed by atoms with Crippen LogP contribution in [0.3, 0.4) is 0 Å². The molecule has 0 heterocycles. The number of nitrogens with one attached hydrogen (secondary N) is 2. The van der Waals surface area contributed by atoms with Gasteiger partial charge in [-0.1, -0.05) is 57.5 Å². The lowest BCUT2D eigenvalue weighted by Gasteiger charge is -2.39. The summed E-state index contributed by atoms with van der Waals surface area (Å²) in [4.78, 5) is 43.2. The van der Waals surface area contributed by atoms with Gasteiger partial charge in [-0.05, 0) is 83.1 Å². The summed E-state index contributed by atoms with van der Waals surface area (Å²) in [6, 6.07) is 8.90. The second-order valence-corrected chi connectivity index (χ2v) is 12.7. The second kappa shape index (κ2) is 16.2. The Hall–Kier alpha value is -3.75. The van der Waals surface area contributed by atoms with Crippen molar-refractivity contribution in [2.45, 2.75) is 111 Å². The minimum Gasteiger partial charge on any atom is -0.508 e. The molecule has 0 saturated carbocycles. The monoisotopic (exact) mass is 597 g/mol. The van der Waals surface area contributed by atoms with Crippen molar-refractivity contribution in [3.63, 3.8) is 0 Å². The van der Waals surface area contributed by atoms with Gasteiger partial charge in [0.25, 0.3) is 0 Å². The molecule has 3 amide bonds. The molecule has 2 aromatic rings. The van der Waals surface area contributed by atoms with E-state index >= 15 is 0 Å². The highest BCUT2D eigenvalue weighted by Gasteiger charge is 2.40. The zero-order valence-electron chi connectivity index (χ0n) is 27.1. The van der Waals surface area contributed by atoms with Gasteiger partial charge in [-0.2, -0.15) is 0 Å². The zero-order chi connectivity index (χ0) is 32.3. The number of phenols is 2. The first-order valence-corrected chi connectivity index (χ1v) is 15.3. The van der Waals surface area contributed by atoms with E-state index in [0.29, 0.717) is 35.6 Å². The molecule has 2 aromatic carbocycles. The average molecular weight is 598 g/mol. The van der Waals surface area contributed by atoms with Crippen LogP contribution in [0.4, 0.5) is 4.79 Å². The highest BCUT2D eigenvalue weighted by molar-refractivity contribution is 5.93. The van der Waals surface area contributed by atoms with Gasteiger partial charge < -0.3 is 30.5 Å². The van der Waals surface area contributed by atoms with Crippen molar-refractivity contribution in [3.8, 4) is 11.5 Å². The van der Waals surface area contributed by atoms with Crippen molar-refractivity contribution in [2.75, 3.05) is 6.54 Å². The summed E-state index contributed by atoms with van der Waals surface area (Å²) < 4.78 is 5.51. The third kappa shape index (κ3) is 11.1. The Bertz CT molecular complexity index is 1210. The Morgan fingerprint density at radius 2 is 1.63 bits per heavy atom. The largest absolute Gasteiger partial charge is 0.508 e. The lowest BCUT2D eigenvalue weighted by atomic mass is 9.94. The van der Waals surface area contributed by atoms with Gasteiger partial charge in [0, 0.05) is 24.6 Å². The number of carbonyl (C=O) groups excluding carboxylic acids is 3. The standard InChI is InChI=1S/C34H51N3O6/c1-9-10-20-35-31(40)29(27-13-11-12-23(4)30(27)39)37(24(5)15-14-22(2)3)32(41)28(36-33(42)43-34(6,7)8)21-25-16-18-26(38)19-17-25/h11-13,16-19,22,24,28-29,38-39H,9-10,14-15,20-21H2,1-8H3,(H,35,40)(H,36,42). The van der Waals surface area contributed by atoms with Gasteiger partial charge in [0.15, 0.2) is 0 Å². The third-order valence-corrected chi connectivity index (χ3v) is 7.18. The number of alkyl carbamates (subject to hydrolysis) is 1. The number of ether oxygens (including phenoxy) is 1. The molecule has 2 rings (SSSR count). The van der Waals surface area contributed by atoms with E-state index in [-0.39, 0.29) is 17.9 Å². The molecule has 0 radical (unpaired) electrons. The molecule has 0 saturated heterocycles. The average Bonchev–Trinajstić information content (AvgIpc) is 2.91. The number of amides is 3. The lowest BCUT2D eigenvalue weighted by Crippen LogP contribution is -2.56. The maximum Gasteiger partial charge on any atom is 0.408 e. The van der Waals surface area contributed by atoms with E-state index < -0.39 is 41.6 Å². The Labute approximate surface area is 257 Å². The highest BCUT2D eigenvalue weighted by atomic mass is 16.6. The number of unbranched alkanes of at least 4 members (excludes halogenated alkanes) is 1. The predicted octanol–water partition coefficient (Wildman–Crippen LogP) is 6.15. The van der Waals surface area contributed by atoms with Crippen molar-refractivity contribution in [1.29, 1.82) is 0 Å². The van der Waals surface area contributed by atoms with E-state index in [0.717, 1.165) is 19.3 Å². The molecule has 43 heavy (non-hydrogen) atoms. The fraction of sp³-hybridized carbons (Fsp3) is 0.559. The fourth-order valence-electron chi connectivity index (χ4n) is 4.81. The molecular formula is C34H51N3O6. The minimum atomic E-state index is -1.14. The van der Waals surface area contributed by atoms with Crippen LogP contribution in [-0.2, 0) is 20.7 Å². The summed E-state index contributed by atoms with van der Waals surface area (Å²) in [6.07, 6.45) is 2.38. The number of rotatable bonds is 14. The first-order chi connectivity index (χ1) is 20.1. The zero-order valence-corrected chi connectivity index (χ0v) is 27.1. The maximum atomic E-state index is 14.7. The maximum absolute atomic E-state index is 14.7. The number of nitrogens with zero attached hydrogens (tertiary/aromatic N) is 1. The molecule has 4 N–H and O–H groups in total. The van der Waals surface area contributed by atoms with E-state index in [2.05, 4.69) is 24.5 Å². The van der Waals surface area contributed by atoms with E-state index in [9.17, 15) is 24.6 Å². The SMILES string of the molecule is CCCCNC(=O)C(c1cccc(C)c1O)N(C(=O)C(Cc1ccc(O)cc1)NC(=O)OC(C)(C)C)C(C)CCC(C)C. The van der Waals surface area contributed by atoms with Crippen molar-refractivity contribution in [1.82, 2.24) is 15.5 Å². The molecule has 0 aliphatic carbocycles. The van der Waals surface area contributed by atoms with Crippen LogP contribution >= 0.6 is 0 Å². The smallest absolute Gasteiger partial charge is 0.408 e. The molecule has 0 fully saturated rings. The molecule has 3 unspecified atom stereocenters. The van der Waals surface area contributed by atoms with Crippen LogP contribution in [0.5, 0.6) is 11.5 Å². The number of aryl methyl sites for hydroxylation is 1. The van der Waals surface area contributed by atoms with Crippen LogP contribution in [0.1, 0.15) is 96.9 Å². The fourth-order valence-corrected chi connectivity index (χ4v) is 4.81. The summed E-state index contributed by atoms with van der Waals surface area (Å²) in [6.45, 7) is 15.5. The topological polar surface area (TPSA) is 128 Å². The summed E-state index contributed by atoms with van der Waals surface area (Å²) in [7, 11) is 0. The molecule has 9 heteroatoms. The number of phenolic OH excluding ortho intramolecular Hbond substituents is 2. The number of hydrogen-bond acceptors (Lipinski definition) is 6. The Morgan fingerprint density at radius 3 is 2.21 bits per heavy atom. The van der Waals surface area contributed by atoms with Crippen LogP contribution in [0.2, 0.25) is 0 Å². The van der Waals surface area contributed by atoms with E-state index in [1.807, 2.05) is 13.8 Å². The van der Waals surface area contributed by atoms with Gasteiger partial charge in [0.05, 0.1) is 0 Å². The highest BCUT2D eigenvalue weighted by Crippen LogP contribution is 2.34. The molecule has 0 aliphatic rings. The molecule has 0 aromatic heterocycles. The van der Waals surface area contributed by atoms with Gasteiger partial charge in [0.2, 0.25) is 11.8 Å². The number of para-hydroxylation sites is 1. The van der Waals surface area contributed by atoms with Crippen molar-refractivity contribution >= 4 is 17.9 Å². The molecule has 9 nitrogen and oxygen atoms in total. The van der Waals surface area contributed by atoms with E-state index in [1.54, 1.807) is 58.0 Å². The van der Waals surface area contributed by atoms with Crippen LogP contribution in [-0.4, -0.2) is 57.3 Å². The van der Waals surface area contributed by atoms with Gasteiger partial charge in [-0.3, -0.25) is 9.59 Å². The van der Waals surface area contributed by atoms with Crippen LogP contribution in [0, 0.1) is 12.8 Å². The minimum absolute atomic E-state index is 0.0535. The van der Waals surface area contributed by atoms with E-state index in [4.69, 9.17) is 4.74 Å². The van der Waals surface area contributed by atoms with Crippen LogP contribution < -0.4 is 10.6 Å². The Morgan fingerprint density at radius 1 is 0.977 bits per heavy atom. The van der Waals surface area contributed by atoms with Crippen molar-refractivity contribution in [2.24, 2.45) is 5.92 Å². The molecule has 238 valence electrons. The van der Waals surface area contributed by atoms with Gasteiger partial charge >= 0.3 is 6.09 Å². The van der Waals surface area contributed by atoms with Crippen molar-refractivity contribution in [3.05, 3.63) is 59.2 Å². The molecule has 0 bridgehead atoms. The Balaban J connectivity index is 2.68. The van der Waals surface area contributed by atoms with Gasteiger partial charge in [0.1, 0.15) is 29.2 Å². The quantitative estimate of drug-likeness (QED) is 0.193.